The molecule has 0 aliphatic carbocycles. The normalized spacial score (nSPS) is 11.0. The maximum absolute atomic E-state index is 12.3. The lowest BCUT2D eigenvalue weighted by Crippen LogP contribution is -2.24. The number of rotatable bonds is 8. The molecule has 0 aliphatic rings. The van der Waals surface area contributed by atoms with Crippen LogP contribution in [0.15, 0.2) is 48.5 Å². The highest BCUT2D eigenvalue weighted by molar-refractivity contribution is 7.88. The highest BCUT2D eigenvalue weighted by atomic mass is 32.2. The van der Waals surface area contributed by atoms with Gasteiger partial charge in [-0.3, -0.25) is 9.59 Å². The summed E-state index contributed by atoms with van der Waals surface area (Å²) in [5.74, 6) is -0.398. The van der Waals surface area contributed by atoms with Gasteiger partial charge in [-0.05, 0) is 41.8 Å². The predicted molar refractivity (Wildman–Crippen MR) is 104 cm³/mol. The van der Waals surface area contributed by atoms with Crippen LogP contribution in [0.2, 0.25) is 0 Å². The molecule has 8 heteroatoms. The first kappa shape index (κ1) is 20.6. The molecule has 0 aliphatic heterocycles. The number of hydrogen-bond donors (Lipinski definition) is 3. The number of amides is 2. The zero-order valence-electron chi connectivity index (χ0n) is 15.3. The van der Waals surface area contributed by atoms with Crippen molar-refractivity contribution in [1.29, 1.82) is 0 Å². The lowest BCUT2D eigenvalue weighted by Gasteiger charge is -2.08. The first-order valence-corrected chi connectivity index (χ1v) is 10.3. The van der Waals surface area contributed by atoms with Crippen LogP contribution in [-0.2, 0) is 23.0 Å². The van der Waals surface area contributed by atoms with Crippen molar-refractivity contribution in [3.05, 3.63) is 70.8 Å². The number of benzene rings is 2. The maximum atomic E-state index is 12.3. The first-order valence-electron chi connectivity index (χ1n) is 8.41. The minimum atomic E-state index is -3.20. The number of nitrogens with one attached hydrogen (secondary N) is 3. The van der Waals surface area contributed by atoms with Gasteiger partial charge in [-0.25, -0.2) is 13.1 Å². The van der Waals surface area contributed by atoms with E-state index in [2.05, 4.69) is 15.4 Å². The Bertz CT molecular complexity index is 909. The largest absolute Gasteiger partial charge is 0.355 e. The van der Waals surface area contributed by atoms with E-state index in [0.717, 1.165) is 17.4 Å². The van der Waals surface area contributed by atoms with Gasteiger partial charge in [-0.15, -0.1) is 0 Å². The molecule has 144 valence electrons. The molecule has 0 atom stereocenters. The van der Waals surface area contributed by atoms with Crippen LogP contribution in [0.3, 0.4) is 0 Å². The SMILES string of the molecule is CNC(=O)c1cccc(CNC(=O)c2ccc(CCNS(C)(=O)=O)cc2)c1. The molecule has 0 fully saturated rings. The third-order valence-electron chi connectivity index (χ3n) is 3.86. The summed E-state index contributed by atoms with van der Waals surface area (Å²) in [6.45, 7) is 0.621. The van der Waals surface area contributed by atoms with Crippen LogP contribution in [0.4, 0.5) is 0 Å². The molecule has 0 saturated carbocycles. The summed E-state index contributed by atoms with van der Waals surface area (Å²) in [6, 6.07) is 14.0. The average molecular weight is 389 g/mol. The van der Waals surface area contributed by atoms with Crippen molar-refractivity contribution < 1.29 is 18.0 Å². The Labute approximate surface area is 159 Å². The molecule has 0 spiro atoms. The zero-order valence-corrected chi connectivity index (χ0v) is 16.1. The molecule has 2 aromatic rings. The summed E-state index contributed by atoms with van der Waals surface area (Å²) in [7, 11) is -1.63. The van der Waals surface area contributed by atoms with E-state index in [1.165, 1.54) is 0 Å². The lowest BCUT2D eigenvalue weighted by atomic mass is 10.1. The van der Waals surface area contributed by atoms with Gasteiger partial charge in [0.05, 0.1) is 6.26 Å². The van der Waals surface area contributed by atoms with Crippen molar-refractivity contribution in [2.24, 2.45) is 0 Å². The highest BCUT2D eigenvalue weighted by Crippen LogP contribution is 2.08. The average Bonchev–Trinajstić information content (AvgIpc) is 2.65. The van der Waals surface area contributed by atoms with E-state index in [-0.39, 0.29) is 11.8 Å². The molecule has 27 heavy (non-hydrogen) atoms. The van der Waals surface area contributed by atoms with Gasteiger partial charge < -0.3 is 10.6 Å². The van der Waals surface area contributed by atoms with Crippen LogP contribution in [0.1, 0.15) is 31.8 Å². The van der Waals surface area contributed by atoms with Gasteiger partial charge in [0.25, 0.3) is 11.8 Å². The molecule has 2 amide bonds. The minimum absolute atomic E-state index is 0.177. The monoisotopic (exact) mass is 389 g/mol. The Hall–Kier alpha value is -2.71. The molecule has 0 saturated heterocycles. The van der Waals surface area contributed by atoms with Gasteiger partial charge in [0.2, 0.25) is 10.0 Å². The van der Waals surface area contributed by atoms with E-state index in [4.69, 9.17) is 0 Å². The lowest BCUT2D eigenvalue weighted by molar-refractivity contribution is 0.0948. The summed E-state index contributed by atoms with van der Waals surface area (Å²) in [5.41, 5.74) is 2.81. The minimum Gasteiger partial charge on any atom is -0.355 e. The Morgan fingerprint density at radius 1 is 0.926 bits per heavy atom. The molecular formula is C19H23N3O4S. The highest BCUT2D eigenvalue weighted by Gasteiger charge is 2.08. The van der Waals surface area contributed by atoms with E-state index >= 15 is 0 Å². The van der Waals surface area contributed by atoms with Gasteiger partial charge in [-0.1, -0.05) is 24.3 Å². The predicted octanol–water partition coefficient (Wildman–Crippen LogP) is 1.07. The van der Waals surface area contributed by atoms with Crippen LogP contribution in [0.5, 0.6) is 0 Å². The second-order valence-corrected chi connectivity index (χ2v) is 7.91. The smallest absolute Gasteiger partial charge is 0.251 e. The molecule has 2 aromatic carbocycles. The maximum Gasteiger partial charge on any atom is 0.251 e. The van der Waals surface area contributed by atoms with E-state index < -0.39 is 10.0 Å². The fourth-order valence-electron chi connectivity index (χ4n) is 2.45. The molecule has 0 bridgehead atoms. The Morgan fingerprint density at radius 3 is 2.26 bits per heavy atom. The standard InChI is InChI=1S/C19H23N3O4S/c1-20-18(23)17-5-3-4-15(12-17)13-21-19(24)16-8-6-14(7-9-16)10-11-22-27(2,25)26/h3-9,12,22H,10-11,13H2,1-2H3,(H,20,23)(H,21,24). The topological polar surface area (TPSA) is 104 Å². The number of hydrogen-bond acceptors (Lipinski definition) is 4. The molecule has 3 N–H and O–H groups in total. The molecular weight excluding hydrogens is 366 g/mol. The summed E-state index contributed by atoms with van der Waals surface area (Å²) in [6.07, 6.45) is 1.66. The van der Waals surface area contributed by atoms with E-state index in [1.807, 2.05) is 6.07 Å². The van der Waals surface area contributed by atoms with Crippen molar-refractivity contribution >= 4 is 21.8 Å². The van der Waals surface area contributed by atoms with E-state index in [1.54, 1.807) is 49.5 Å². The van der Waals surface area contributed by atoms with Gasteiger partial charge >= 0.3 is 0 Å². The van der Waals surface area contributed by atoms with Crippen LogP contribution >= 0.6 is 0 Å². The zero-order chi connectivity index (χ0) is 19.9. The Kier molecular flexibility index (Phi) is 7.09. The van der Waals surface area contributed by atoms with Crippen LogP contribution < -0.4 is 15.4 Å². The number of carbonyl (C=O) groups is 2. The second kappa shape index (κ2) is 9.29. The molecule has 2 rings (SSSR count). The quantitative estimate of drug-likeness (QED) is 0.628. The van der Waals surface area contributed by atoms with Gasteiger partial charge in [0, 0.05) is 31.3 Å². The third kappa shape index (κ3) is 6.84. The molecule has 0 radical (unpaired) electrons. The fraction of sp³-hybridized carbons (Fsp3) is 0.263. The number of carbonyl (C=O) groups excluding carboxylic acids is 2. The van der Waals surface area contributed by atoms with Gasteiger partial charge in [-0.2, -0.15) is 0 Å². The van der Waals surface area contributed by atoms with Crippen molar-refractivity contribution in [2.75, 3.05) is 19.8 Å². The van der Waals surface area contributed by atoms with Crippen molar-refractivity contribution in [3.63, 3.8) is 0 Å². The molecule has 0 aromatic heterocycles. The summed E-state index contributed by atoms with van der Waals surface area (Å²) in [5, 5.41) is 5.38. The first-order chi connectivity index (χ1) is 12.8. The molecule has 0 heterocycles. The van der Waals surface area contributed by atoms with Crippen LogP contribution in [0, 0.1) is 0 Å². The van der Waals surface area contributed by atoms with Crippen LogP contribution in [-0.4, -0.2) is 40.1 Å². The fourth-order valence-corrected chi connectivity index (χ4v) is 2.93. The van der Waals surface area contributed by atoms with Gasteiger partial charge in [0.15, 0.2) is 0 Å². The second-order valence-electron chi connectivity index (χ2n) is 6.08. The van der Waals surface area contributed by atoms with Crippen molar-refractivity contribution in [1.82, 2.24) is 15.4 Å². The summed E-state index contributed by atoms with van der Waals surface area (Å²) in [4.78, 5) is 23.9. The molecule has 7 nitrogen and oxygen atoms in total. The number of sulfonamides is 1. The van der Waals surface area contributed by atoms with Crippen LogP contribution in [0.25, 0.3) is 0 Å². The van der Waals surface area contributed by atoms with Gasteiger partial charge in [0.1, 0.15) is 0 Å². The van der Waals surface area contributed by atoms with E-state index in [9.17, 15) is 18.0 Å². The Morgan fingerprint density at radius 2 is 1.63 bits per heavy atom. The Balaban J connectivity index is 1.90. The summed E-state index contributed by atoms with van der Waals surface area (Å²) >= 11 is 0. The summed E-state index contributed by atoms with van der Waals surface area (Å²) < 4.78 is 24.5. The van der Waals surface area contributed by atoms with Crippen molar-refractivity contribution in [3.8, 4) is 0 Å². The molecule has 0 unspecified atom stereocenters. The third-order valence-corrected chi connectivity index (χ3v) is 4.59. The van der Waals surface area contributed by atoms with Crippen molar-refractivity contribution in [2.45, 2.75) is 13.0 Å². The van der Waals surface area contributed by atoms with E-state index in [0.29, 0.717) is 30.6 Å².